The Morgan fingerprint density at radius 3 is 2.29 bits per heavy atom. The van der Waals surface area contributed by atoms with Crippen molar-refractivity contribution < 1.29 is 4.21 Å². The monoisotopic (exact) mass is 217 g/mol. The molecule has 0 saturated heterocycles. The molecule has 0 aliphatic carbocycles. The molecule has 0 aromatic carbocycles. The summed E-state index contributed by atoms with van der Waals surface area (Å²) in [6.07, 6.45) is 4.59. The van der Waals surface area contributed by atoms with Gasteiger partial charge in [-0.2, -0.15) is 4.40 Å². The fourth-order valence-corrected chi connectivity index (χ4v) is 1.60. The minimum atomic E-state index is -1.08. The second-order valence-electron chi connectivity index (χ2n) is 4.65. The van der Waals surface area contributed by atoms with E-state index in [4.69, 9.17) is 0 Å². The van der Waals surface area contributed by atoms with E-state index in [1.165, 1.54) is 12.8 Å². The Labute approximate surface area is 90.8 Å². The van der Waals surface area contributed by atoms with Crippen molar-refractivity contribution in [3.63, 3.8) is 0 Å². The molecule has 0 bridgehead atoms. The first-order valence-electron chi connectivity index (χ1n) is 5.34. The van der Waals surface area contributed by atoms with Crippen LogP contribution in [0, 0.1) is 0 Å². The van der Waals surface area contributed by atoms with Gasteiger partial charge in [0.05, 0.1) is 4.75 Å². The van der Waals surface area contributed by atoms with Gasteiger partial charge in [-0.25, -0.2) is 4.21 Å². The normalized spacial score (nSPS) is 15.6. The summed E-state index contributed by atoms with van der Waals surface area (Å²) in [5.74, 6) is 0. The van der Waals surface area contributed by atoms with Gasteiger partial charge in [0.25, 0.3) is 0 Å². The zero-order chi connectivity index (χ0) is 11.2. The summed E-state index contributed by atoms with van der Waals surface area (Å²) >= 11 is 0. The van der Waals surface area contributed by atoms with E-state index in [0.29, 0.717) is 0 Å². The van der Waals surface area contributed by atoms with Crippen LogP contribution in [0.25, 0.3) is 0 Å². The third-order valence-corrected chi connectivity index (χ3v) is 3.43. The van der Waals surface area contributed by atoms with Crippen molar-refractivity contribution in [2.24, 2.45) is 4.40 Å². The number of rotatable bonds is 5. The van der Waals surface area contributed by atoms with E-state index in [1.807, 2.05) is 27.7 Å². The molecule has 0 aliphatic rings. The van der Waals surface area contributed by atoms with E-state index in [0.717, 1.165) is 18.6 Å². The highest BCUT2D eigenvalue weighted by atomic mass is 32.2. The summed E-state index contributed by atoms with van der Waals surface area (Å²) in [6, 6.07) is 0. The molecule has 0 aromatic heterocycles. The van der Waals surface area contributed by atoms with Crippen molar-refractivity contribution in [1.29, 1.82) is 0 Å². The van der Waals surface area contributed by atoms with Gasteiger partial charge in [0, 0.05) is 5.71 Å². The zero-order valence-corrected chi connectivity index (χ0v) is 10.9. The van der Waals surface area contributed by atoms with E-state index >= 15 is 0 Å². The average Bonchev–Trinajstić information content (AvgIpc) is 2.03. The van der Waals surface area contributed by atoms with Gasteiger partial charge in [0.1, 0.15) is 11.0 Å². The zero-order valence-electron chi connectivity index (χ0n) is 10.1. The molecule has 0 heterocycles. The SMILES string of the molecule is CCCCCC(C)=N[S@](=O)C(C)(C)C. The minimum Gasteiger partial charge on any atom is -0.234 e. The van der Waals surface area contributed by atoms with Gasteiger partial charge in [-0.3, -0.25) is 0 Å². The van der Waals surface area contributed by atoms with Crippen molar-refractivity contribution in [3.8, 4) is 0 Å². The Hall–Kier alpha value is -0.180. The maximum Gasteiger partial charge on any atom is 0.144 e. The molecular weight excluding hydrogens is 194 g/mol. The van der Waals surface area contributed by atoms with E-state index in [-0.39, 0.29) is 4.75 Å². The summed E-state index contributed by atoms with van der Waals surface area (Å²) in [5.41, 5.74) is 1.02. The highest BCUT2D eigenvalue weighted by Crippen LogP contribution is 2.13. The lowest BCUT2D eigenvalue weighted by atomic mass is 10.1. The predicted molar refractivity (Wildman–Crippen MR) is 65.1 cm³/mol. The fraction of sp³-hybridized carbons (Fsp3) is 0.909. The van der Waals surface area contributed by atoms with Crippen molar-refractivity contribution in [2.45, 2.75) is 65.0 Å². The molecule has 0 fully saturated rings. The maximum atomic E-state index is 11.6. The molecule has 2 nitrogen and oxygen atoms in total. The Balaban J connectivity index is 4.04. The lowest BCUT2D eigenvalue weighted by molar-refractivity contribution is 0.650. The predicted octanol–water partition coefficient (Wildman–Crippen LogP) is 3.49. The first-order valence-corrected chi connectivity index (χ1v) is 6.44. The van der Waals surface area contributed by atoms with Gasteiger partial charge in [0.2, 0.25) is 0 Å². The second-order valence-corrected chi connectivity index (χ2v) is 6.55. The Morgan fingerprint density at radius 1 is 1.29 bits per heavy atom. The molecule has 0 radical (unpaired) electrons. The summed E-state index contributed by atoms with van der Waals surface area (Å²) in [4.78, 5) is 0. The van der Waals surface area contributed by atoms with Crippen LogP contribution in [0.15, 0.2) is 4.40 Å². The number of unbranched alkanes of at least 4 members (excludes halogenated alkanes) is 2. The van der Waals surface area contributed by atoms with Crippen LogP contribution in [-0.4, -0.2) is 14.7 Å². The standard InChI is InChI=1S/C11H23NOS/c1-6-7-8-9-10(2)12-14(13)11(3,4)5/h6-9H2,1-5H3/t14-/m1/s1. The summed E-state index contributed by atoms with van der Waals surface area (Å²) in [5, 5.41) is 0. The second kappa shape index (κ2) is 6.33. The third-order valence-electron chi connectivity index (χ3n) is 1.90. The average molecular weight is 217 g/mol. The van der Waals surface area contributed by atoms with Gasteiger partial charge in [-0.15, -0.1) is 0 Å². The molecule has 0 aliphatic heterocycles. The fourth-order valence-electron chi connectivity index (χ4n) is 0.955. The first-order chi connectivity index (χ1) is 6.38. The number of hydrogen-bond donors (Lipinski definition) is 0. The highest BCUT2D eigenvalue weighted by molar-refractivity contribution is 7.85. The maximum absolute atomic E-state index is 11.6. The molecule has 0 N–H and O–H groups in total. The Kier molecular flexibility index (Phi) is 6.25. The Morgan fingerprint density at radius 2 is 1.86 bits per heavy atom. The van der Waals surface area contributed by atoms with Gasteiger partial charge < -0.3 is 0 Å². The molecule has 0 unspecified atom stereocenters. The number of hydrogen-bond acceptors (Lipinski definition) is 1. The van der Waals surface area contributed by atoms with Crippen LogP contribution in [-0.2, 0) is 11.0 Å². The summed E-state index contributed by atoms with van der Waals surface area (Å²) in [6.45, 7) is 10.0. The van der Waals surface area contributed by atoms with E-state index in [1.54, 1.807) is 0 Å². The van der Waals surface area contributed by atoms with Crippen LogP contribution in [0.3, 0.4) is 0 Å². The molecule has 0 rings (SSSR count). The molecule has 14 heavy (non-hydrogen) atoms. The van der Waals surface area contributed by atoms with Crippen molar-refractivity contribution >= 4 is 16.7 Å². The van der Waals surface area contributed by atoms with Crippen LogP contribution in [0.1, 0.15) is 60.3 Å². The van der Waals surface area contributed by atoms with Crippen molar-refractivity contribution in [2.75, 3.05) is 0 Å². The van der Waals surface area contributed by atoms with E-state index in [2.05, 4.69) is 11.3 Å². The smallest absolute Gasteiger partial charge is 0.144 e. The molecule has 84 valence electrons. The lowest BCUT2D eigenvalue weighted by Gasteiger charge is -2.13. The number of nitrogens with zero attached hydrogens (tertiary/aromatic N) is 1. The van der Waals surface area contributed by atoms with E-state index in [9.17, 15) is 4.21 Å². The van der Waals surface area contributed by atoms with Crippen molar-refractivity contribution in [3.05, 3.63) is 0 Å². The van der Waals surface area contributed by atoms with Crippen LogP contribution in [0.2, 0.25) is 0 Å². The molecule has 0 saturated carbocycles. The quantitative estimate of drug-likeness (QED) is 0.512. The molecule has 3 heteroatoms. The largest absolute Gasteiger partial charge is 0.234 e. The van der Waals surface area contributed by atoms with Crippen LogP contribution >= 0.6 is 0 Å². The molecule has 0 spiro atoms. The Bertz CT molecular complexity index is 216. The lowest BCUT2D eigenvalue weighted by Crippen LogP contribution is -2.20. The molecule has 0 amide bonds. The van der Waals surface area contributed by atoms with Crippen LogP contribution in [0.5, 0.6) is 0 Å². The van der Waals surface area contributed by atoms with Gasteiger partial charge in [-0.05, 0) is 40.5 Å². The molecule has 0 aromatic rings. The van der Waals surface area contributed by atoms with Crippen LogP contribution in [0.4, 0.5) is 0 Å². The molecular formula is C11H23NOS. The molecule has 1 atom stereocenters. The van der Waals surface area contributed by atoms with Crippen molar-refractivity contribution in [1.82, 2.24) is 0 Å². The highest BCUT2D eigenvalue weighted by Gasteiger charge is 2.18. The van der Waals surface area contributed by atoms with E-state index < -0.39 is 11.0 Å². The minimum absolute atomic E-state index is 0.230. The first kappa shape index (κ1) is 13.8. The topological polar surface area (TPSA) is 29.4 Å². The summed E-state index contributed by atoms with van der Waals surface area (Å²) in [7, 11) is -1.08. The van der Waals surface area contributed by atoms with Gasteiger partial charge in [-0.1, -0.05) is 19.8 Å². The van der Waals surface area contributed by atoms with Crippen LogP contribution < -0.4 is 0 Å². The van der Waals surface area contributed by atoms with Gasteiger partial charge in [0.15, 0.2) is 0 Å². The third kappa shape index (κ3) is 6.30. The van der Waals surface area contributed by atoms with Gasteiger partial charge >= 0.3 is 0 Å². The summed E-state index contributed by atoms with van der Waals surface area (Å²) < 4.78 is 15.6.